The first kappa shape index (κ1) is 14.0. The lowest BCUT2D eigenvalue weighted by atomic mass is 9.98. The number of benzene rings is 1. The number of ether oxygens (including phenoxy) is 1. The average molecular weight is 235 g/mol. The van der Waals surface area contributed by atoms with Gasteiger partial charge in [0.15, 0.2) is 0 Å². The highest BCUT2D eigenvalue weighted by atomic mass is 16.5. The summed E-state index contributed by atoms with van der Waals surface area (Å²) in [6.07, 6.45) is 1.19. The number of hydrogen-bond acceptors (Lipinski definition) is 2. The first-order valence-electron chi connectivity index (χ1n) is 6.61. The van der Waals surface area contributed by atoms with Crippen molar-refractivity contribution in [3.8, 4) is 0 Å². The lowest BCUT2D eigenvalue weighted by Gasteiger charge is -2.16. The number of rotatable bonds is 7. The Balaban J connectivity index is 2.50. The van der Waals surface area contributed by atoms with E-state index in [2.05, 4.69) is 50.4 Å². The molecule has 2 unspecified atom stereocenters. The van der Waals surface area contributed by atoms with Gasteiger partial charge in [-0.3, -0.25) is 0 Å². The minimum atomic E-state index is 0.351. The molecule has 0 amide bonds. The van der Waals surface area contributed by atoms with E-state index in [0.717, 1.165) is 13.2 Å². The van der Waals surface area contributed by atoms with Crippen LogP contribution in [0.5, 0.6) is 0 Å². The quantitative estimate of drug-likeness (QED) is 0.770. The van der Waals surface area contributed by atoms with E-state index in [4.69, 9.17) is 4.74 Å². The number of anilines is 1. The highest BCUT2D eigenvalue weighted by Gasteiger charge is 2.04. The molecular formula is C15H25NO. The van der Waals surface area contributed by atoms with Gasteiger partial charge in [0.25, 0.3) is 0 Å². The molecule has 1 aromatic carbocycles. The number of nitrogens with one attached hydrogen (secondary N) is 1. The van der Waals surface area contributed by atoms with Crippen molar-refractivity contribution in [2.24, 2.45) is 0 Å². The zero-order chi connectivity index (χ0) is 12.7. The van der Waals surface area contributed by atoms with Gasteiger partial charge in [0.2, 0.25) is 0 Å². The molecule has 0 aliphatic carbocycles. The van der Waals surface area contributed by atoms with Crippen molar-refractivity contribution in [2.45, 2.75) is 46.1 Å². The van der Waals surface area contributed by atoms with Gasteiger partial charge in [0, 0.05) is 18.3 Å². The third-order valence-corrected chi connectivity index (χ3v) is 3.08. The highest BCUT2D eigenvalue weighted by Crippen LogP contribution is 2.20. The van der Waals surface area contributed by atoms with E-state index in [-0.39, 0.29) is 0 Å². The summed E-state index contributed by atoms with van der Waals surface area (Å²) in [5.41, 5.74) is 2.58. The van der Waals surface area contributed by atoms with Crippen molar-refractivity contribution < 1.29 is 4.74 Å². The van der Waals surface area contributed by atoms with Crippen molar-refractivity contribution in [1.82, 2.24) is 0 Å². The van der Waals surface area contributed by atoms with Gasteiger partial charge in [0.1, 0.15) is 0 Å². The molecule has 0 aromatic heterocycles. The maximum Gasteiger partial charge on any atom is 0.0664 e. The number of hydrogen-bond donors (Lipinski definition) is 1. The van der Waals surface area contributed by atoms with Crippen LogP contribution in [0.2, 0.25) is 0 Å². The molecule has 1 N–H and O–H groups in total. The normalized spacial score (nSPS) is 14.4. The minimum absolute atomic E-state index is 0.351. The second-order valence-corrected chi connectivity index (χ2v) is 4.64. The van der Waals surface area contributed by atoms with Crippen LogP contribution in [0.1, 0.15) is 45.6 Å². The Kier molecular flexibility index (Phi) is 6.06. The Bertz CT molecular complexity index is 307. The molecule has 0 fully saturated rings. The summed E-state index contributed by atoms with van der Waals surface area (Å²) >= 11 is 0. The van der Waals surface area contributed by atoms with E-state index in [0.29, 0.717) is 12.0 Å². The molecule has 17 heavy (non-hydrogen) atoms. The molecule has 1 rings (SSSR count). The van der Waals surface area contributed by atoms with Crippen LogP contribution in [-0.4, -0.2) is 19.3 Å². The Labute approximate surface area is 105 Å². The van der Waals surface area contributed by atoms with Crippen LogP contribution < -0.4 is 5.32 Å². The van der Waals surface area contributed by atoms with E-state index in [1.54, 1.807) is 0 Å². The maximum atomic E-state index is 5.38. The molecule has 0 spiro atoms. The summed E-state index contributed by atoms with van der Waals surface area (Å²) in [6.45, 7) is 10.2. The molecule has 96 valence electrons. The average Bonchev–Trinajstić information content (AvgIpc) is 2.36. The Morgan fingerprint density at radius 3 is 2.29 bits per heavy atom. The molecule has 1 aromatic rings. The summed E-state index contributed by atoms with van der Waals surface area (Å²) in [6, 6.07) is 9.09. The van der Waals surface area contributed by atoms with E-state index in [9.17, 15) is 0 Å². The fourth-order valence-corrected chi connectivity index (χ4v) is 1.76. The summed E-state index contributed by atoms with van der Waals surface area (Å²) < 4.78 is 5.38. The molecule has 0 aliphatic heterocycles. The zero-order valence-electron chi connectivity index (χ0n) is 11.5. The first-order chi connectivity index (χ1) is 8.17. The van der Waals surface area contributed by atoms with Crippen molar-refractivity contribution >= 4 is 5.69 Å². The lowest BCUT2D eigenvalue weighted by molar-refractivity contribution is 0.141. The van der Waals surface area contributed by atoms with Crippen LogP contribution in [-0.2, 0) is 4.74 Å². The smallest absolute Gasteiger partial charge is 0.0664 e. The monoisotopic (exact) mass is 235 g/mol. The first-order valence-corrected chi connectivity index (χ1v) is 6.61. The van der Waals surface area contributed by atoms with Gasteiger partial charge in [-0.1, -0.05) is 26.0 Å². The fourth-order valence-electron chi connectivity index (χ4n) is 1.76. The Morgan fingerprint density at radius 1 is 1.12 bits per heavy atom. The molecule has 2 heteroatoms. The molecule has 0 radical (unpaired) electrons. The molecule has 2 atom stereocenters. The second-order valence-electron chi connectivity index (χ2n) is 4.64. The van der Waals surface area contributed by atoms with Crippen molar-refractivity contribution in [3.05, 3.63) is 29.8 Å². The molecule has 0 heterocycles. The topological polar surface area (TPSA) is 21.3 Å². The highest BCUT2D eigenvalue weighted by molar-refractivity contribution is 5.45. The van der Waals surface area contributed by atoms with Crippen LogP contribution in [0.4, 0.5) is 5.69 Å². The minimum Gasteiger partial charge on any atom is -0.380 e. The second kappa shape index (κ2) is 7.33. The molecular weight excluding hydrogens is 210 g/mol. The van der Waals surface area contributed by atoms with Gasteiger partial charge in [-0.25, -0.2) is 0 Å². The summed E-state index contributed by atoms with van der Waals surface area (Å²) in [5, 5.41) is 3.44. The van der Waals surface area contributed by atoms with E-state index < -0.39 is 0 Å². The molecule has 0 saturated carbocycles. The third-order valence-electron chi connectivity index (χ3n) is 3.08. The van der Waals surface area contributed by atoms with Gasteiger partial charge < -0.3 is 10.1 Å². The molecule has 2 nitrogen and oxygen atoms in total. The van der Waals surface area contributed by atoms with Gasteiger partial charge in [-0.15, -0.1) is 0 Å². The van der Waals surface area contributed by atoms with Gasteiger partial charge in [-0.05, 0) is 43.9 Å². The van der Waals surface area contributed by atoms with Gasteiger partial charge in [0.05, 0.1) is 6.61 Å². The fraction of sp³-hybridized carbons (Fsp3) is 0.600. The van der Waals surface area contributed by atoms with Gasteiger partial charge >= 0.3 is 0 Å². The molecule has 0 bridgehead atoms. The largest absolute Gasteiger partial charge is 0.380 e. The SMILES string of the molecule is CCOCC(C)Nc1ccc(C(C)CC)cc1. The molecule has 0 saturated heterocycles. The predicted molar refractivity (Wildman–Crippen MR) is 74.7 cm³/mol. The maximum absolute atomic E-state index is 5.38. The van der Waals surface area contributed by atoms with E-state index in [1.165, 1.54) is 17.7 Å². The summed E-state index contributed by atoms with van der Waals surface area (Å²) in [5.74, 6) is 0.643. The Morgan fingerprint density at radius 2 is 1.76 bits per heavy atom. The molecule has 0 aliphatic rings. The van der Waals surface area contributed by atoms with Gasteiger partial charge in [-0.2, -0.15) is 0 Å². The zero-order valence-corrected chi connectivity index (χ0v) is 11.5. The van der Waals surface area contributed by atoms with Crippen molar-refractivity contribution in [2.75, 3.05) is 18.5 Å². The third kappa shape index (κ3) is 4.78. The van der Waals surface area contributed by atoms with Crippen LogP contribution in [0.25, 0.3) is 0 Å². The predicted octanol–water partition coefficient (Wildman–Crippen LogP) is 4.04. The standard InChI is InChI=1S/C15H25NO/c1-5-12(3)14-7-9-15(10-8-14)16-13(4)11-17-6-2/h7-10,12-13,16H,5-6,11H2,1-4H3. The van der Waals surface area contributed by atoms with E-state index >= 15 is 0 Å². The van der Waals surface area contributed by atoms with Crippen molar-refractivity contribution in [3.63, 3.8) is 0 Å². The van der Waals surface area contributed by atoms with Crippen LogP contribution in [0.15, 0.2) is 24.3 Å². The van der Waals surface area contributed by atoms with Crippen LogP contribution >= 0.6 is 0 Å². The summed E-state index contributed by atoms with van der Waals surface area (Å²) in [7, 11) is 0. The van der Waals surface area contributed by atoms with E-state index in [1.807, 2.05) is 6.92 Å². The Hall–Kier alpha value is -1.02. The lowest BCUT2D eigenvalue weighted by Crippen LogP contribution is -2.21. The summed E-state index contributed by atoms with van der Waals surface area (Å²) in [4.78, 5) is 0. The van der Waals surface area contributed by atoms with Crippen LogP contribution in [0, 0.1) is 0 Å². The van der Waals surface area contributed by atoms with Crippen LogP contribution in [0.3, 0.4) is 0 Å². The van der Waals surface area contributed by atoms with Crippen molar-refractivity contribution in [1.29, 1.82) is 0 Å².